The van der Waals surface area contributed by atoms with Crippen LogP contribution in [-0.2, 0) is 0 Å². The predicted octanol–water partition coefficient (Wildman–Crippen LogP) is 4.71. The Bertz CT molecular complexity index is 626. The second kappa shape index (κ2) is 5.90. The fraction of sp³-hybridized carbons (Fsp3) is 0.0769. The smallest absolute Gasteiger partial charge is 0.256 e. The number of amides is 1. The third kappa shape index (κ3) is 3.69. The van der Waals surface area contributed by atoms with Crippen molar-refractivity contribution in [1.82, 2.24) is 4.98 Å². The molecule has 1 aromatic carbocycles. The van der Waals surface area contributed by atoms with E-state index < -0.39 is 0 Å². The standard InChI is InChI=1S/C13H9BrCl2N2O/c1-7-2-9(14)6-17-12(7)18-13(19)8-3-10(15)5-11(16)4-8/h2-6H,1H3,(H,17,18,19). The van der Waals surface area contributed by atoms with Gasteiger partial charge in [0.05, 0.1) is 0 Å². The first kappa shape index (κ1) is 14.3. The summed E-state index contributed by atoms with van der Waals surface area (Å²) < 4.78 is 0.855. The van der Waals surface area contributed by atoms with Gasteiger partial charge >= 0.3 is 0 Å². The van der Waals surface area contributed by atoms with E-state index in [2.05, 4.69) is 26.2 Å². The average molecular weight is 360 g/mol. The van der Waals surface area contributed by atoms with E-state index in [1.807, 2.05) is 13.0 Å². The van der Waals surface area contributed by atoms with Gasteiger partial charge in [0.25, 0.3) is 5.91 Å². The van der Waals surface area contributed by atoms with Crippen molar-refractivity contribution in [3.8, 4) is 0 Å². The number of nitrogens with zero attached hydrogens (tertiary/aromatic N) is 1. The summed E-state index contributed by atoms with van der Waals surface area (Å²) in [5, 5.41) is 3.55. The SMILES string of the molecule is Cc1cc(Br)cnc1NC(=O)c1cc(Cl)cc(Cl)c1. The van der Waals surface area contributed by atoms with Gasteiger partial charge in [0.15, 0.2) is 0 Å². The third-order valence-corrected chi connectivity index (χ3v) is 3.27. The molecular weight excluding hydrogens is 351 g/mol. The minimum absolute atomic E-state index is 0.303. The van der Waals surface area contributed by atoms with E-state index >= 15 is 0 Å². The number of hydrogen-bond acceptors (Lipinski definition) is 2. The molecular formula is C13H9BrCl2N2O. The Balaban J connectivity index is 2.25. The van der Waals surface area contributed by atoms with Crippen LogP contribution in [0.15, 0.2) is 34.9 Å². The molecule has 1 amide bonds. The summed E-state index contributed by atoms with van der Waals surface area (Å²) in [5.74, 6) is 0.201. The molecule has 0 unspecified atom stereocenters. The van der Waals surface area contributed by atoms with Gasteiger partial charge in [-0.1, -0.05) is 23.2 Å². The molecule has 6 heteroatoms. The van der Waals surface area contributed by atoms with Crippen LogP contribution in [-0.4, -0.2) is 10.9 Å². The van der Waals surface area contributed by atoms with Gasteiger partial charge < -0.3 is 5.32 Å². The highest BCUT2D eigenvalue weighted by molar-refractivity contribution is 9.10. The lowest BCUT2D eigenvalue weighted by Gasteiger charge is -2.08. The van der Waals surface area contributed by atoms with E-state index in [4.69, 9.17) is 23.2 Å². The van der Waals surface area contributed by atoms with Crippen LogP contribution in [0.25, 0.3) is 0 Å². The molecule has 0 saturated heterocycles. The maximum atomic E-state index is 12.1. The van der Waals surface area contributed by atoms with E-state index in [0.29, 0.717) is 21.4 Å². The number of pyridine rings is 1. The lowest BCUT2D eigenvalue weighted by Crippen LogP contribution is -2.14. The minimum Gasteiger partial charge on any atom is -0.306 e. The number of benzene rings is 1. The van der Waals surface area contributed by atoms with Crippen LogP contribution < -0.4 is 5.32 Å². The molecule has 3 nitrogen and oxygen atoms in total. The number of aryl methyl sites for hydroxylation is 1. The highest BCUT2D eigenvalue weighted by atomic mass is 79.9. The molecule has 0 aliphatic carbocycles. The van der Waals surface area contributed by atoms with E-state index in [1.165, 1.54) is 0 Å². The molecule has 1 heterocycles. The summed E-state index contributed by atoms with van der Waals surface area (Å²) in [6.07, 6.45) is 1.62. The van der Waals surface area contributed by atoms with Crippen molar-refractivity contribution in [1.29, 1.82) is 0 Å². The van der Waals surface area contributed by atoms with Crippen LogP contribution in [0, 0.1) is 6.92 Å². The first-order chi connectivity index (χ1) is 8.95. The molecule has 2 rings (SSSR count). The van der Waals surface area contributed by atoms with Gasteiger partial charge in [-0.3, -0.25) is 4.79 Å². The summed E-state index contributed by atoms with van der Waals surface area (Å²) in [7, 11) is 0. The van der Waals surface area contributed by atoms with Crippen molar-refractivity contribution in [2.75, 3.05) is 5.32 Å². The molecule has 0 radical (unpaired) electrons. The van der Waals surface area contributed by atoms with Crippen LogP contribution in [0.1, 0.15) is 15.9 Å². The number of aromatic nitrogens is 1. The molecule has 1 N–H and O–H groups in total. The molecule has 0 bridgehead atoms. The fourth-order valence-corrected chi connectivity index (χ4v) is 2.51. The van der Waals surface area contributed by atoms with Crippen molar-refractivity contribution < 1.29 is 4.79 Å². The van der Waals surface area contributed by atoms with E-state index in [-0.39, 0.29) is 5.91 Å². The van der Waals surface area contributed by atoms with Crippen LogP contribution in [0.4, 0.5) is 5.82 Å². The number of hydrogen-bond donors (Lipinski definition) is 1. The second-order valence-electron chi connectivity index (χ2n) is 3.93. The van der Waals surface area contributed by atoms with Gasteiger partial charge in [-0.05, 0) is 52.7 Å². The van der Waals surface area contributed by atoms with E-state index in [0.717, 1.165) is 10.0 Å². The van der Waals surface area contributed by atoms with Crippen LogP contribution in [0.5, 0.6) is 0 Å². The minimum atomic E-state index is -0.303. The normalized spacial score (nSPS) is 10.3. The fourth-order valence-electron chi connectivity index (χ4n) is 1.54. The summed E-state index contributed by atoms with van der Waals surface area (Å²) in [4.78, 5) is 16.2. The Labute approximate surface area is 129 Å². The summed E-state index contributed by atoms with van der Waals surface area (Å²) >= 11 is 15.0. The molecule has 19 heavy (non-hydrogen) atoms. The predicted molar refractivity (Wildman–Crippen MR) is 81.1 cm³/mol. The zero-order valence-electron chi connectivity index (χ0n) is 9.88. The lowest BCUT2D eigenvalue weighted by molar-refractivity contribution is 0.102. The Hall–Kier alpha value is -1.10. The molecule has 0 atom stereocenters. The van der Waals surface area contributed by atoms with Crippen molar-refractivity contribution in [2.45, 2.75) is 6.92 Å². The molecule has 0 fully saturated rings. The zero-order chi connectivity index (χ0) is 14.0. The Morgan fingerprint density at radius 2 is 1.84 bits per heavy atom. The number of nitrogens with one attached hydrogen (secondary N) is 1. The van der Waals surface area contributed by atoms with Crippen molar-refractivity contribution in [3.05, 3.63) is 56.1 Å². The molecule has 98 valence electrons. The Morgan fingerprint density at radius 1 is 1.21 bits per heavy atom. The van der Waals surface area contributed by atoms with Crippen LogP contribution in [0.2, 0.25) is 10.0 Å². The molecule has 2 aromatic rings. The monoisotopic (exact) mass is 358 g/mol. The number of anilines is 1. The third-order valence-electron chi connectivity index (χ3n) is 2.40. The lowest BCUT2D eigenvalue weighted by atomic mass is 10.2. The van der Waals surface area contributed by atoms with E-state index in [1.54, 1.807) is 24.4 Å². The highest BCUT2D eigenvalue weighted by Gasteiger charge is 2.10. The first-order valence-electron chi connectivity index (χ1n) is 5.35. The van der Waals surface area contributed by atoms with Gasteiger partial charge in [-0.15, -0.1) is 0 Å². The topological polar surface area (TPSA) is 42.0 Å². The number of carbonyl (C=O) groups is 1. The maximum absolute atomic E-state index is 12.1. The van der Waals surface area contributed by atoms with Crippen molar-refractivity contribution in [2.24, 2.45) is 0 Å². The molecule has 0 aliphatic rings. The number of rotatable bonds is 2. The molecule has 1 aromatic heterocycles. The van der Waals surface area contributed by atoms with Crippen LogP contribution >= 0.6 is 39.1 Å². The van der Waals surface area contributed by atoms with Gasteiger partial charge in [0.2, 0.25) is 0 Å². The summed E-state index contributed by atoms with van der Waals surface area (Å²) in [6, 6.07) is 6.55. The first-order valence-corrected chi connectivity index (χ1v) is 6.90. The van der Waals surface area contributed by atoms with E-state index in [9.17, 15) is 4.79 Å². The maximum Gasteiger partial charge on any atom is 0.256 e. The highest BCUT2D eigenvalue weighted by Crippen LogP contribution is 2.21. The number of halogens is 3. The van der Waals surface area contributed by atoms with Gasteiger partial charge in [-0.25, -0.2) is 4.98 Å². The van der Waals surface area contributed by atoms with Crippen molar-refractivity contribution in [3.63, 3.8) is 0 Å². The van der Waals surface area contributed by atoms with Gasteiger partial charge in [0.1, 0.15) is 5.82 Å². The Kier molecular flexibility index (Phi) is 4.45. The summed E-state index contributed by atoms with van der Waals surface area (Å²) in [5.41, 5.74) is 1.25. The molecule has 0 aliphatic heterocycles. The Morgan fingerprint density at radius 3 is 2.42 bits per heavy atom. The summed E-state index contributed by atoms with van der Waals surface area (Å²) in [6.45, 7) is 1.86. The van der Waals surface area contributed by atoms with Crippen molar-refractivity contribution >= 4 is 50.9 Å². The number of carbonyl (C=O) groups excluding carboxylic acids is 1. The largest absolute Gasteiger partial charge is 0.306 e. The molecule has 0 spiro atoms. The zero-order valence-corrected chi connectivity index (χ0v) is 13.0. The van der Waals surface area contributed by atoms with Gasteiger partial charge in [-0.2, -0.15) is 0 Å². The average Bonchev–Trinajstić information content (AvgIpc) is 2.31. The second-order valence-corrected chi connectivity index (χ2v) is 5.72. The molecule has 0 saturated carbocycles. The quantitative estimate of drug-likeness (QED) is 0.843. The van der Waals surface area contributed by atoms with Crippen LogP contribution in [0.3, 0.4) is 0 Å². The van der Waals surface area contributed by atoms with Gasteiger partial charge in [0, 0.05) is 26.3 Å².